The number of carboxylic acid groups (broad SMARTS) is 1. The third kappa shape index (κ3) is 6.83. The molecule has 1 fully saturated rings. The van der Waals surface area contributed by atoms with E-state index in [1.165, 1.54) is 12.0 Å². The summed E-state index contributed by atoms with van der Waals surface area (Å²) in [4.78, 5) is 27.7. The maximum absolute atomic E-state index is 14.4. The van der Waals surface area contributed by atoms with Gasteiger partial charge < -0.3 is 19.2 Å². The largest absolute Gasteiger partial charge is 0.497 e. The monoisotopic (exact) mass is 609 g/mol. The number of alkyl halides is 2. The minimum Gasteiger partial charge on any atom is -0.497 e. The van der Waals surface area contributed by atoms with E-state index in [0.29, 0.717) is 11.3 Å². The van der Waals surface area contributed by atoms with E-state index in [4.69, 9.17) is 9.16 Å². The second-order valence-electron chi connectivity index (χ2n) is 12.3. The Morgan fingerprint density at radius 1 is 0.860 bits per heavy atom. The zero-order valence-electron chi connectivity index (χ0n) is 25.3. The van der Waals surface area contributed by atoms with Gasteiger partial charge in [0, 0.05) is 19.4 Å². The highest BCUT2D eigenvalue weighted by Gasteiger charge is 2.52. The number of amides is 1. The smallest absolute Gasteiger partial charge is 0.323 e. The standard InChI is InChI=1S/C34H41F2NO5Si/c1-32(2,3)43(28-11-7-5-8-12-28,29-13-9-6-10-14-29)42-24-23-37(25-30(38)39)31(40)33(19-21-34(35,36)22-20-33)26-15-17-27(41-4)18-16-26/h5-18H,19-25H2,1-4H3,(H,38,39). The first kappa shape index (κ1) is 32.4. The fraction of sp³-hybridized carbons (Fsp3) is 0.412. The second-order valence-corrected chi connectivity index (χ2v) is 16.6. The number of ether oxygens (including phenoxy) is 1. The van der Waals surface area contributed by atoms with E-state index in [1.807, 2.05) is 36.4 Å². The van der Waals surface area contributed by atoms with Crippen LogP contribution in [0, 0.1) is 0 Å². The Bertz CT molecular complexity index is 1330. The number of carbonyl (C=O) groups is 2. The summed E-state index contributed by atoms with van der Waals surface area (Å²) in [6, 6.07) is 26.9. The van der Waals surface area contributed by atoms with Crippen LogP contribution < -0.4 is 15.1 Å². The van der Waals surface area contributed by atoms with Crippen molar-refractivity contribution >= 4 is 30.6 Å². The lowest BCUT2D eigenvalue weighted by molar-refractivity contribution is -0.150. The number of methoxy groups -OCH3 is 1. The zero-order chi connectivity index (χ0) is 31.3. The number of aliphatic carboxylic acids is 1. The first-order valence-electron chi connectivity index (χ1n) is 14.6. The molecule has 1 N–H and O–H groups in total. The molecule has 0 saturated heterocycles. The van der Waals surface area contributed by atoms with Gasteiger partial charge in [0.2, 0.25) is 11.8 Å². The predicted octanol–water partition coefficient (Wildman–Crippen LogP) is 5.63. The maximum Gasteiger partial charge on any atom is 0.323 e. The summed E-state index contributed by atoms with van der Waals surface area (Å²) in [5.74, 6) is -3.94. The van der Waals surface area contributed by atoms with Crippen molar-refractivity contribution in [2.45, 2.75) is 62.8 Å². The van der Waals surface area contributed by atoms with Crippen molar-refractivity contribution in [3.05, 3.63) is 90.5 Å². The van der Waals surface area contributed by atoms with Gasteiger partial charge in [-0.1, -0.05) is 93.6 Å². The molecule has 1 amide bonds. The van der Waals surface area contributed by atoms with E-state index in [-0.39, 0.29) is 31.0 Å². The summed E-state index contributed by atoms with van der Waals surface area (Å²) in [6.07, 6.45) is -1.08. The molecular formula is C34H41F2NO5Si. The molecule has 1 aliphatic rings. The van der Waals surface area contributed by atoms with Gasteiger partial charge in [0.15, 0.2) is 0 Å². The zero-order valence-corrected chi connectivity index (χ0v) is 26.3. The van der Waals surface area contributed by atoms with Crippen molar-refractivity contribution < 1.29 is 32.6 Å². The lowest BCUT2D eigenvalue weighted by Gasteiger charge is -2.44. The Hall–Kier alpha value is -3.56. The minimum absolute atomic E-state index is 0.00390. The lowest BCUT2D eigenvalue weighted by Crippen LogP contribution is -2.67. The fourth-order valence-electron chi connectivity index (χ4n) is 6.37. The fourth-order valence-corrected chi connectivity index (χ4v) is 10.9. The van der Waals surface area contributed by atoms with Gasteiger partial charge >= 0.3 is 5.97 Å². The molecule has 4 rings (SSSR count). The Morgan fingerprint density at radius 2 is 1.37 bits per heavy atom. The Balaban J connectivity index is 1.69. The number of hydrogen-bond donors (Lipinski definition) is 1. The molecule has 0 aromatic heterocycles. The van der Waals surface area contributed by atoms with Crippen LogP contribution in [0.2, 0.25) is 5.04 Å². The molecule has 3 aromatic carbocycles. The van der Waals surface area contributed by atoms with E-state index in [1.54, 1.807) is 24.3 Å². The molecule has 1 aliphatic carbocycles. The van der Waals surface area contributed by atoms with Crippen LogP contribution in [-0.4, -0.2) is 62.9 Å². The topological polar surface area (TPSA) is 76.1 Å². The molecule has 0 aliphatic heterocycles. The van der Waals surface area contributed by atoms with E-state index in [9.17, 15) is 23.5 Å². The summed E-state index contributed by atoms with van der Waals surface area (Å²) < 4.78 is 40.9. The summed E-state index contributed by atoms with van der Waals surface area (Å²) in [6.45, 7) is 5.95. The van der Waals surface area contributed by atoms with Crippen molar-refractivity contribution in [3.8, 4) is 5.75 Å². The van der Waals surface area contributed by atoms with Gasteiger partial charge in [-0.2, -0.15) is 0 Å². The summed E-state index contributed by atoms with van der Waals surface area (Å²) in [7, 11) is -1.42. The van der Waals surface area contributed by atoms with Gasteiger partial charge in [-0.15, -0.1) is 0 Å². The average Bonchev–Trinajstić information content (AvgIpc) is 2.99. The van der Waals surface area contributed by atoms with Crippen LogP contribution in [0.5, 0.6) is 5.75 Å². The highest BCUT2D eigenvalue weighted by Crippen LogP contribution is 2.47. The molecule has 9 heteroatoms. The molecule has 0 heterocycles. The Kier molecular flexibility index (Phi) is 9.76. The number of halogens is 2. The number of carbonyl (C=O) groups excluding carboxylic acids is 1. The molecule has 0 atom stereocenters. The lowest BCUT2D eigenvalue weighted by atomic mass is 9.67. The van der Waals surface area contributed by atoms with Crippen molar-refractivity contribution in [1.29, 1.82) is 0 Å². The van der Waals surface area contributed by atoms with Crippen LogP contribution in [-0.2, 0) is 19.4 Å². The summed E-state index contributed by atoms with van der Waals surface area (Å²) >= 11 is 0. The first-order valence-corrected chi connectivity index (χ1v) is 16.5. The maximum atomic E-state index is 14.4. The molecule has 0 unspecified atom stereocenters. The van der Waals surface area contributed by atoms with Gasteiger partial charge in [0.05, 0.1) is 19.1 Å². The minimum atomic E-state index is -2.94. The number of hydrogen-bond acceptors (Lipinski definition) is 4. The van der Waals surface area contributed by atoms with Gasteiger partial charge in [0.25, 0.3) is 8.32 Å². The molecule has 1 saturated carbocycles. The van der Waals surface area contributed by atoms with E-state index >= 15 is 0 Å². The summed E-state index contributed by atoms with van der Waals surface area (Å²) in [5.41, 5.74) is -0.696. The highest BCUT2D eigenvalue weighted by molar-refractivity contribution is 6.99. The van der Waals surface area contributed by atoms with Crippen LogP contribution in [0.25, 0.3) is 0 Å². The number of rotatable bonds is 11. The van der Waals surface area contributed by atoms with E-state index in [2.05, 4.69) is 45.0 Å². The predicted molar refractivity (Wildman–Crippen MR) is 166 cm³/mol. The molecule has 0 spiro atoms. The number of nitrogens with zero attached hydrogens (tertiary/aromatic N) is 1. The normalized spacial score (nSPS) is 16.3. The molecule has 6 nitrogen and oxygen atoms in total. The van der Waals surface area contributed by atoms with Crippen LogP contribution in [0.4, 0.5) is 8.78 Å². The van der Waals surface area contributed by atoms with Crippen molar-refractivity contribution in [1.82, 2.24) is 4.90 Å². The van der Waals surface area contributed by atoms with Gasteiger partial charge in [-0.05, 0) is 45.9 Å². The quantitative estimate of drug-likeness (QED) is 0.285. The summed E-state index contributed by atoms with van der Waals surface area (Å²) in [5, 5.41) is 11.6. The Labute approximate surface area is 253 Å². The van der Waals surface area contributed by atoms with Crippen molar-refractivity contribution in [2.75, 3.05) is 26.8 Å². The van der Waals surface area contributed by atoms with Gasteiger partial charge in [-0.3, -0.25) is 9.59 Å². The Morgan fingerprint density at radius 3 is 1.81 bits per heavy atom. The van der Waals surface area contributed by atoms with Gasteiger partial charge in [-0.25, -0.2) is 8.78 Å². The highest BCUT2D eigenvalue weighted by atomic mass is 28.4. The van der Waals surface area contributed by atoms with Crippen LogP contribution in [0.1, 0.15) is 52.0 Å². The van der Waals surface area contributed by atoms with Gasteiger partial charge in [0.1, 0.15) is 12.3 Å². The second kappa shape index (κ2) is 13.0. The van der Waals surface area contributed by atoms with E-state index < -0.39 is 50.9 Å². The van der Waals surface area contributed by atoms with Crippen LogP contribution >= 0.6 is 0 Å². The first-order chi connectivity index (χ1) is 20.3. The molecule has 0 radical (unpaired) electrons. The third-order valence-corrected chi connectivity index (χ3v) is 13.6. The molecule has 3 aromatic rings. The van der Waals surface area contributed by atoms with Crippen molar-refractivity contribution in [3.63, 3.8) is 0 Å². The molecule has 43 heavy (non-hydrogen) atoms. The SMILES string of the molecule is COc1ccc(C2(C(=O)N(CCO[Si](c3ccccc3)(c3ccccc3)C(C)(C)C)CC(=O)O)CCC(F)(F)CC2)cc1. The molecular weight excluding hydrogens is 568 g/mol. The number of carboxylic acids is 1. The molecule has 230 valence electrons. The van der Waals surface area contributed by atoms with Crippen LogP contribution in [0.15, 0.2) is 84.9 Å². The number of benzene rings is 3. The average molecular weight is 610 g/mol. The van der Waals surface area contributed by atoms with Crippen molar-refractivity contribution in [2.24, 2.45) is 0 Å². The van der Waals surface area contributed by atoms with E-state index in [0.717, 1.165) is 10.4 Å². The third-order valence-electron chi connectivity index (χ3n) is 8.60. The molecule has 0 bridgehead atoms. The van der Waals surface area contributed by atoms with Crippen LogP contribution in [0.3, 0.4) is 0 Å².